The maximum absolute atomic E-state index is 12.1. The molecule has 0 aliphatic carbocycles. The number of ether oxygens (including phenoxy) is 1. The van der Waals surface area contributed by atoms with E-state index in [4.69, 9.17) is 4.74 Å². The normalized spacial score (nSPS) is 10.4. The summed E-state index contributed by atoms with van der Waals surface area (Å²) in [5.41, 5.74) is 0.463. The monoisotopic (exact) mass is 248 g/mol. The zero-order chi connectivity index (χ0) is 13.1. The fourth-order valence-corrected chi connectivity index (χ4v) is 1.77. The Morgan fingerprint density at radius 1 is 1.39 bits per heavy atom. The molecule has 0 bridgehead atoms. The van der Waals surface area contributed by atoms with E-state index in [-0.39, 0.29) is 5.69 Å². The molecule has 0 saturated heterocycles. The Balaban J connectivity index is 2.66. The van der Waals surface area contributed by atoms with Crippen LogP contribution in [0.2, 0.25) is 0 Å². The zero-order valence-corrected chi connectivity index (χ0v) is 10.7. The number of methoxy groups -OCH3 is 1. The summed E-state index contributed by atoms with van der Waals surface area (Å²) in [5.74, 6) is 1.14. The van der Waals surface area contributed by atoms with E-state index in [1.165, 1.54) is 9.25 Å². The van der Waals surface area contributed by atoms with Gasteiger partial charge >= 0.3 is 5.69 Å². The largest absolute Gasteiger partial charge is 0.495 e. The van der Waals surface area contributed by atoms with Crippen LogP contribution in [0.25, 0.3) is 5.69 Å². The van der Waals surface area contributed by atoms with Gasteiger partial charge in [0.15, 0.2) is 0 Å². The average molecular weight is 248 g/mol. The Morgan fingerprint density at radius 2 is 2.11 bits per heavy atom. The van der Waals surface area contributed by atoms with Crippen LogP contribution in [0.15, 0.2) is 29.1 Å². The number of anilines is 1. The van der Waals surface area contributed by atoms with E-state index in [1.54, 1.807) is 14.2 Å². The summed E-state index contributed by atoms with van der Waals surface area (Å²) >= 11 is 0. The number of hydrogen-bond donors (Lipinski definition) is 1. The predicted molar refractivity (Wildman–Crippen MR) is 69.5 cm³/mol. The van der Waals surface area contributed by atoms with Crippen molar-refractivity contribution in [1.82, 2.24) is 14.3 Å². The van der Waals surface area contributed by atoms with Crippen molar-refractivity contribution in [2.75, 3.05) is 19.0 Å². The van der Waals surface area contributed by atoms with E-state index in [0.29, 0.717) is 23.9 Å². The van der Waals surface area contributed by atoms with Gasteiger partial charge in [0, 0.05) is 13.6 Å². The number of nitrogens with one attached hydrogen (secondary N) is 1. The molecule has 2 rings (SSSR count). The van der Waals surface area contributed by atoms with Crippen LogP contribution < -0.4 is 15.7 Å². The first-order valence-electron chi connectivity index (χ1n) is 5.72. The van der Waals surface area contributed by atoms with E-state index >= 15 is 0 Å². The number of hydrogen-bond acceptors (Lipinski definition) is 4. The first-order valence-corrected chi connectivity index (χ1v) is 5.72. The van der Waals surface area contributed by atoms with E-state index in [0.717, 1.165) is 0 Å². The fraction of sp³-hybridized carbons (Fsp3) is 0.333. The van der Waals surface area contributed by atoms with Gasteiger partial charge in [-0.3, -0.25) is 0 Å². The minimum Gasteiger partial charge on any atom is -0.495 e. The number of para-hydroxylation sites is 2. The molecule has 1 aromatic carbocycles. The summed E-state index contributed by atoms with van der Waals surface area (Å²) in [6, 6.07) is 7.34. The highest BCUT2D eigenvalue weighted by Gasteiger charge is 2.15. The molecular weight excluding hydrogens is 232 g/mol. The van der Waals surface area contributed by atoms with Gasteiger partial charge in [-0.1, -0.05) is 12.1 Å². The molecule has 0 unspecified atom stereocenters. The molecule has 0 saturated carbocycles. The van der Waals surface area contributed by atoms with E-state index in [1.807, 2.05) is 31.2 Å². The van der Waals surface area contributed by atoms with Crippen molar-refractivity contribution in [3.8, 4) is 11.4 Å². The van der Waals surface area contributed by atoms with Gasteiger partial charge in [0.2, 0.25) is 5.95 Å². The summed E-state index contributed by atoms with van der Waals surface area (Å²) in [5, 5.41) is 7.22. The minimum absolute atomic E-state index is 0.213. The van der Waals surface area contributed by atoms with Crippen molar-refractivity contribution >= 4 is 5.95 Å². The third kappa shape index (κ3) is 1.97. The van der Waals surface area contributed by atoms with Crippen LogP contribution in [0, 0.1) is 0 Å². The lowest BCUT2D eigenvalue weighted by Gasteiger charge is -2.10. The molecule has 6 nitrogen and oxygen atoms in total. The second-order valence-corrected chi connectivity index (χ2v) is 3.77. The maximum atomic E-state index is 12.1. The van der Waals surface area contributed by atoms with Crippen molar-refractivity contribution in [2.24, 2.45) is 7.05 Å². The summed E-state index contributed by atoms with van der Waals surface area (Å²) in [6.45, 7) is 2.64. The first-order chi connectivity index (χ1) is 8.69. The molecule has 0 aliphatic heterocycles. The third-order valence-electron chi connectivity index (χ3n) is 2.59. The lowest BCUT2D eigenvalue weighted by atomic mass is 10.3. The maximum Gasteiger partial charge on any atom is 0.351 e. The number of nitrogens with zero attached hydrogens (tertiary/aromatic N) is 3. The molecule has 1 heterocycles. The van der Waals surface area contributed by atoms with Crippen molar-refractivity contribution in [3.63, 3.8) is 0 Å². The Labute approximate surface area is 105 Å². The summed E-state index contributed by atoms with van der Waals surface area (Å²) in [6.07, 6.45) is 0. The molecule has 2 aromatic rings. The molecule has 0 amide bonds. The van der Waals surface area contributed by atoms with Crippen LogP contribution in [0.4, 0.5) is 5.95 Å². The van der Waals surface area contributed by atoms with E-state index in [9.17, 15) is 4.79 Å². The Hall–Kier alpha value is -2.24. The van der Waals surface area contributed by atoms with Crippen LogP contribution in [0.5, 0.6) is 5.75 Å². The summed E-state index contributed by atoms with van der Waals surface area (Å²) in [7, 11) is 3.20. The Bertz CT molecular complexity index is 600. The molecule has 0 atom stereocenters. The van der Waals surface area contributed by atoms with Gasteiger partial charge in [-0.25, -0.2) is 14.0 Å². The molecule has 0 spiro atoms. The van der Waals surface area contributed by atoms with Gasteiger partial charge < -0.3 is 10.1 Å². The van der Waals surface area contributed by atoms with Crippen molar-refractivity contribution in [2.45, 2.75) is 6.92 Å². The van der Waals surface area contributed by atoms with Crippen LogP contribution in [-0.4, -0.2) is 28.0 Å². The van der Waals surface area contributed by atoms with Crippen LogP contribution in [0.1, 0.15) is 6.92 Å². The summed E-state index contributed by atoms with van der Waals surface area (Å²) < 4.78 is 8.07. The van der Waals surface area contributed by atoms with Gasteiger partial charge in [-0.15, -0.1) is 5.10 Å². The lowest BCUT2D eigenvalue weighted by Crippen LogP contribution is -2.22. The molecule has 6 heteroatoms. The average Bonchev–Trinajstić information content (AvgIpc) is 2.65. The van der Waals surface area contributed by atoms with Gasteiger partial charge in [0.1, 0.15) is 5.75 Å². The molecule has 96 valence electrons. The first kappa shape index (κ1) is 12.2. The quantitative estimate of drug-likeness (QED) is 0.877. The third-order valence-corrected chi connectivity index (χ3v) is 2.59. The predicted octanol–water partition coefficient (Wildman–Crippen LogP) is 1.01. The lowest BCUT2D eigenvalue weighted by molar-refractivity contribution is 0.412. The molecule has 18 heavy (non-hydrogen) atoms. The SMILES string of the molecule is CCNc1nn(C)c(=O)n1-c1ccccc1OC. The molecular formula is C12H16N4O2. The van der Waals surface area contributed by atoms with E-state index < -0.39 is 0 Å². The van der Waals surface area contributed by atoms with Gasteiger partial charge in [0.25, 0.3) is 0 Å². The van der Waals surface area contributed by atoms with Crippen molar-refractivity contribution in [3.05, 3.63) is 34.7 Å². The molecule has 0 radical (unpaired) electrons. The fourth-order valence-electron chi connectivity index (χ4n) is 1.77. The smallest absolute Gasteiger partial charge is 0.351 e. The topological polar surface area (TPSA) is 61.1 Å². The Morgan fingerprint density at radius 3 is 2.78 bits per heavy atom. The van der Waals surface area contributed by atoms with Gasteiger partial charge in [-0.05, 0) is 19.1 Å². The van der Waals surface area contributed by atoms with Crippen LogP contribution in [0.3, 0.4) is 0 Å². The molecule has 1 aromatic heterocycles. The molecule has 0 fully saturated rings. The van der Waals surface area contributed by atoms with E-state index in [2.05, 4.69) is 10.4 Å². The van der Waals surface area contributed by atoms with Crippen LogP contribution >= 0.6 is 0 Å². The Kier molecular flexibility index (Phi) is 3.36. The second-order valence-electron chi connectivity index (χ2n) is 3.77. The van der Waals surface area contributed by atoms with Gasteiger partial charge in [0.05, 0.1) is 12.8 Å². The number of benzene rings is 1. The number of rotatable bonds is 4. The zero-order valence-electron chi connectivity index (χ0n) is 10.7. The van der Waals surface area contributed by atoms with Crippen LogP contribution in [-0.2, 0) is 7.05 Å². The second kappa shape index (κ2) is 4.95. The summed E-state index contributed by atoms with van der Waals surface area (Å²) in [4.78, 5) is 12.1. The molecule has 1 N–H and O–H groups in total. The standard InChI is InChI=1S/C12H16N4O2/c1-4-13-11-14-15(2)12(17)16(11)9-7-5-6-8-10(9)18-3/h5-8H,4H2,1-3H3,(H,13,14). The molecule has 0 aliphatic rings. The minimum atomic E-state index is -0.213. The van der Waals surface area contributed by atoms with Crippen molar-refractivity contribution in [1.29, 1.82) is 0 Å². The highest BCUT2D eigenvalue weighted by Crippen LogP contribution is 2.22. The van der Waals surface area contributed by atoms with Crippen molar-refractivity contribution < 1.29 is 4.74 Å². The number of aromatic nitrogens is 3. The highest BCUT2D eigenvalue weighted by atomic mass is 16.5. The number of aryl methyl sites for hydroxylation is 1. The van der Waals surface area contributed by atoms with Gasteiger partial charge in [-0.2, -0.15) is 0 Å². The highest BCUT2D eigenvalue weighted by molar-refractivity contribution is 5.50.